The Bertz CT molecular complexity index is 719. The maximum atomic E-state index is 12.6. The molecule has 0 aromatic heterocycles. The first-order valence-electron chi connectivity index (χ1n) is 7.95. The van der Waals surface area contributed by atoms with Crippen LogP contribution < -0.4 is 15.5 Å². The number of fused-ring (bicyclic) bond motifs is 1. The van der Waals surface area contributed by atoms with E-state index in [-0.39, 0.29) is 24.8 Å². The average molecular weight is 345 g/mol. The van der Waals surface area contributed by atoms with Crippen LogP contribution in [-0.2, 0) is 19.1 Å². The second-order valence-corrected chi connectivity index (χ2v) is 6.79. The number of nitrogens with one attached hydrogen (secondary N) is 2. The second-order valence-electron chi connectivity index (χ2n) is 6.79. The molecule has 1 aromatic carbocycles. The van der Waals surface area contributed by atoms with Gasteiger partial charge in [-0.3, -0.25) is 19.3 Å². The topological polar surface area (TPSA) is 87.7 Å². The van der Waals surface area contributed by atoms with Crippen LogP contribution in [-0.4, -0.2) is 37.0 Å². The molecule has 0 radical (unpaired) electrons. The van der Waals surface area contributed by atoms with Gasteiger partial charge in [0.25, 0.3) is 5.91 Å². The highest BCUT2D eigenvalue weighted by atomic mass is 16.5. The van der Waals surface area contributed by atoms with E-state index in [9.17, 15) is 14.4 Å². The number of hydrogen-bond donors (Lipinski definition) is 2. The Hall–Kier alpha value is -2.83. The largest absolute Gasteiger partial charge is 0.469 e. The fourth-order valence-electron chi connectivity index (χ4n) is 2.46. The van der Waals surface area contributed by atoms with Crippen LogP contribution in [0, 0.1) is 0 Å². The summed E-state index contributed by atoms with van der Waals surface area (Å²) < 4.78 is 4.65. The van der Waals surface area contributed by atoms with Gasteiger partial charge in [0, 0.05) is 17.3 Å². The van der Waals surface area contributed by atoms with Gasteiger partial charge in [-0.2, -0.15) is 0 Å². The van der Waals surface area contributed by atoms with E-state index in [1.807, 2.05) is 26.8 Å². The van der Waals surface area contributed by atoms with E-state index >= 15 is 0 Å². The van der Waals surface area contributed by atoms with Crippen molar-refractivity contribution >= 4 is 29.2 Å². The highest BCUT2D eigenvalue weighted by Crippen LogP contribution is 2.30. The molecule has 1 aliphatic rings. The number of carbonyl (C=O) groups excluding carboxylic acids is 3. The van der Waals surface area contributed by atoms with E-state index in [1.54, 1.807) is 18.2 Å². The Morgan fingerprint density at radius 3 is 2.56 bits per heavy atom. The number of hydrogen-bond acceptors (Lipinski definition) is 5. The number of methoxy groups -OCH3 is 1. The first-order chi connectivity index (χ1) is 11.7. The Morgan fingerprint density at radius 2 is 1.92 bits per heavy atom. The van der Waals surface area contributed by atoms with E-state index in [0.717, 1.165) is 0 Å². The summed E-state index contributed by atoms with van der Waals surface area (Å²) in [6.07, 6.45) is 1.26. The fraction of sp³-hybridized carbons (Fsp3) is 0.389. The predicted molar refractivity (Wildman–Crippen MR) is 95.0 cm³/mol. The molecule has 134 valence electrons. The summed E-state index contributed by atoms with van der Waals surface area (Å²) in [5, 5.41) is 5.92. The van der Waals surface area contributed by atoms with Crippen LogP contribution in [0.5, 0.6) is 0 Å². The van der Waals surface area contributed by atoms with Crippen molar-refractivity contribution in [1.82, 2.24) is 5.32 Å². The van der Waals surface area contributed by atoms with Crippen LogP contribution in [0.15, 0.2) is 36.0 Å². The third-order valence-corrected chi connectivity index (χ3v) is 3.43. The van der Waals surface area contributed by atoms with Crippen LogP contribution in [0.1, 0.15) is 27.2 Å². The molecular formula is C18H23N3O4. The van der Waals surface area contributed by atoms with Crippen LogP contribution >= 0.6 is 0 Å². The maximum absolute atomic E-state index is 12.6. The molecule has 1 heterocycles. The zero-order chi connectivity index (χ0) is 18.6. The number of carbonyl (C=O) groups is 3. The number of ether oxygens (including phenoxy) is 1. The van der Waals surface area contributed by atoms with Crippen molar-refractivity contribution in [2.45, 2.75) is 32.7 Å². The second kappa shape index (κ2) is 7.38. The molecule has 1 aliphatic heterocycles. The van der Waals surface area contributed by atoms with Crippen LogP contribution in [0.25, 0.3) is 0 Å². The van der Waals surface area contributed by atoms with Gasteiger partial charge < -0.3 is 15.4 Å². The molecule has 0 aliphatic carbocycles. The van der Waals surface area contributed by atoms with E-state index in [0.29, 0.717) is 17.1 Å². The normalized spacial score (nSPS) is 14.0. The van der Waals surface area contributed by atoms with Crippen molar-refractivity contribution in [3.63, 3.8) is 0 Å². The van der Waals surface area contributed by atoms with E-state index in [1.165, 1.54) is 18.1 Å². The van der Waals surface area contributed by atoms with Crippen molar-refractivity contribution < 1.29 is 19.1 Å². The van der Waals surface area contributed by atoms with Gasteiger partial charge in [-0.15, -0.1) is 0 Å². The van der Waals surface area contributed by atoms with E-state index in [2.05, 4.69) is 15.4 Å². The number of amides is 2. The number of nitrogens with zero attached hydrogens (tertiary/aromatic N) is 1. The van der Waals surface area contributed by atoms with Gasteiger partial charge in [0.2, 0.25) is 5.91 Å². The quantitative estimate of drug-likeness (QED) is 0.813. The predicted octanol–water partition coefficient (Wildman–Crippen LogP) is 1.81. The van der Waals surface area contributed by atoms with Crippen LogP contribution in [0.3, 0.4) is 0 Å². The lowest BCUT2D eigenvalue weighted by Crippen LogP contribution is -2.47. The summed E-state index contributed by atoms with van der Waals surface area (Å²) in [7, 11) is 1.29. The number of anilines is 2. The summed E-state index contributed by atoms with van der Waals surface area (Å²) >= 11 is 0. The lowest BCUT2D eigenvalue weighted by molar-refractivity contribution is -0.139. The highest BCUT2D eigenvalue weighted by molar-refractivity contribution is 6.09. The third kappa shape index (κ3) is 5.07. The molecule has 2 rings (SSSR count). The zero-order valence-corrected chi connectivity index (χ0v) is 14.9. The van der Waals surface area contributed by atoms with Gasteiger partial charge in [0.15, 0.2) is 0 Å². The standard InChI is InChI=1S/C18H23N3O4/c1-18(2,3)20-15(22)11-21-14-8-6-5-7-13(14)19-12(9-16(21)23)10-17(24)25-4/h5-9,19H,10-11H2,1-4H3,(H,20,22). The summed E-state index contributed by atoms with van der Waals surface area (Å²) in [6, 6.07) is 7.13. The first kappa shape index (κ1) is 18.5. The minimum atomic E-state index is -0.456. The van der Waals surface area contributed by atoms with Crippen molar-refractivity contribution in [1.29, 1.82) is 0 Å². The summed E-state index contributed by atoms with van der Waals surface area (Å²) in [6.45, 7) is 5.51. The third-order valence-electron chi connectivity index (χ3n) is 3.43. The zero-order valence-electron chi connectivity index (χ0n) is 14.9. The van der Waals surface area contributed by atoms with Gasteiger partial charge in [0.05, 0.1) is 24.9 Å². The molecule has 2 N–H and O–H groups in total. The van der Waals surface area contributed by atoms with Crippen LogP contribution in [0.2, 0.25) is 0 Å². The average Bonchev–Trinajstić information content (AvgIpc) is 2.62. The molecule has 7 nitrogen and oxygen atoms in total. The van der Waals surface area contributed by atoms with Crippen molar-refractivity contribution in [2.24, 2.45) is 0 Å². The Labute approximate surface area is 147 Å². The smallest absolute Gasteiger partial charge is 0.311 e. The van der Waals surface area contributed by atoms with Crippen LogP contribution in [0.4, 0.5) is 11.4 Å². The molecule has 0 saturated carbocycles. The monoisotopic (exact) mass is 345 g/mol. The first-order valence-corrected chi connectivity index (χ1v) is 7.95. The SMILES string of the molecule is COC(=O)CC1=CC(=O)N(CC(=O)NC(C)(C)C)c2ccccc2N1. The Balaban J connectivity index is 2.31. The van der Waals surface area contributed by atoms with Crippen molar-refractivity contribution in [3.05, 3.63) is 36.0 Å². The minimum absolute atomic E-state index is 0.0569. The molecule has 0 spiro atoms. The molecule has 0 atom stereocenters. The molecule has 0 fully saturated rings. The Morgan fingerprint density at radius 1 is 1.24 bits per heavy atom. The van der Waals surface area contributed by atoms with Gasteiger partial charge in [0.1, 0.15) is 6.54 Å². The van der Waals surface area contributed by atoms with Gasteiger partial charge in [-0.05, 0) is 32.9 Å². The van der Waals surface area contributed by atoms with E-state index < -0.39 is 11.5 Å². The lowest BCUT2D eigenvalue weighted by Gasteiger charge is -2.25. The molecule has 1 aromatic rings. The minimum Gasteiger partial charge on any atom is -0.469 e. The van der Waals surface area contributed by atoms with Gasteiger partial charge >= 0.3 is 5.97 Å². The highest BCUT2D eigenvalue weighted by Gasteiger charge is 2.26. The van der Waals surface area contributed by atoms with E-state index in [4.69, 9.17) is 0 Å². The number of rotatable bonds is 4. The molecule has 0 saturated heterocycles. The summed E-state index contributed by atoms with van der Waals surface area (Å²) in [4.78, 5) is 37.8. The maximum Gasteiger partial charge on any atom is 0.311 e. The summed E-state index contributed by atoms with van der Waals surface area (Å²) in [5.74, 6) is -1.09. The molecule has 7 heteroatoms. The molecule has 25 heavy (non-hydrogen) atoms. The molecule has 0 bridgehead atoms. The lowest BCUT2D eigenvalue weighted by atomic mass is 10.1. The molecule has 0 unspecified atom stereocenters. The fourth-order valence-corrected chi connectivity index (χ4v) is 2.46. The number of esters is 1. The summed E-state index contributed by atoms with van der Waals surface area (Å²) in [5.41, 5.74) is 1.25. The molecule has 2 amide bonds. The number of para-hydroxylation sites is 2. The Kier molecular flexibility index (Phi) is 5.46. The van der Waals surface area contributed by atoms with Gasteiger partial charge in [-0.25, -0.2) is 0 Å². The van der Waals surface area contributed by atoms with Crippen molar-refractivity contribution in [2.75, 3.05) is 23.9 Å². The van der Waals surface area contributed by atoms with Gasteiger partial charge in [-0.1, -0.05) is 12.1 Å². The molecular weight excluding hydrogens is 322 g/mol. The number of benzene rings is 1. The van der Waals surface area contributed by atoms with Crippen molar-refractivity contribution in [3.8, 4) is 0 Å².